The first-order chi connectivity index (χ1) is 7.34. The third-order valence-electron chi connectivity index (χ3n) is 2.73. The Balaban J connectivity index is 1.84. The van der Waals surface area contributed by atoms with E-state index in [0.717, 1.165) is 17.9 Å². The van der Waals surface area contributed by atoms with E-state index in [2.05, 4.69) is 5.32 Å². The summed E-state index contributed by atoms with van der Waals surface area (Å²) in [5, 5.41) is 3.23. The van der Waals surface area contributed by atoms with Crippen molar-refractivity contribution >= 4 is 11.6 Å². The third-order valence-corrected chi connectivity index (χ3v) is 2.73. The summed E-state index contributed by atoms with van der Waals surface area (Å²) in [6, 6.07) is 7.59. The standard InChI is InChI=1S/C11H12N2O2/c14-11-9-3-1-2-4-10(9)12-7-13(11)5-8-6-15-8/h1-4,8,12H,5-7H2. The Labute approximate surface area is 87.8 Å². The van der Waals surface area contributed by atoms with Crippen molar-refractivity contribution in [1.29, 1.82) is 0 Å². The molecular weight excluding hydrogens is 192 g/mol. The van der Waals surface area contributed by atoms with E-state index in [1.807, 2.05) is 24.3 Å². The minimum absolute atomic E-state index is 0.0971. The Hall–Kier alpha value is -1.55. The summed E-state index contributed by atoms with van der Waals surface area (Å²) >= 11 is 0. The van der Waals surface area contributed by atoms with Gasteiger partial charge in [-0.05, 0) is 12.1 Å². The molecule has 1 saturated heterocycles. The second-order valence-corrected chi connectivity index (χ2v) is 3.86. The average molecular weight is 204 g/mol. The molecule has 2 heterocycles. The summed E-state index contributed by atoms with van der Waals surface area (Å²) in [5.74, 6) is 0.0971. The number of nitrogens with zero attached hydrogens (tertiary/aromatic N) is 1. The molecule has 0 bridgehead atoms. The first-order valence-electron chi connectivity index (χ1n) is 5.08. The third kappa shape index (κ3) is 1.57. The molecule has 1 amide bonds. The van der Waals surface area contributed by atoms with E-state index in [1.54, 1.807) is 4.90 Å². The molecule has 1 fully saturated rings. The van der Waals surface area contributed by atoms with Gasteiger partial charge in [-0.15, -0.1) is 0 Å². The average Bonchev–Trinajstić information content (AvgIpc) is 3.07. The number of epoxide rings is 1. The monoisotopic (exact) mass is 204 g/mol. The Morgan fingerprint density at radius 3 is 3.07 bits per heavy atom. The molecule has 1 aromatic rings. The topological polar surface area (TPSA) is 44.9 Å². The second kappa shape index (κ2) is 3.24. The highest BCUT2D eigenvalue weighted by molar-refractivity contribution is 6.01. The molecule has 78 valence electrons. The fourth-order valence-corrected chi connectivity index (χ4v) is 1.81. The van der Waals surface area contributed by atoms with Crippen LogP contribution >= 0.6 is 0 Å². The number of anilines is 1. The van der Waals surface area contributed by atoms with Crippen molar-refractivity contribution in [3.05, 3.63) is 29.8 Å². The molecule has 0 aliphatic carbocycles. The number of fused-ring (bicyclic) bond motifs is 1. The first-order valence-corrected chi connectivity index (χ1v) is 5.08. The van der Waals surface area contributed by atoms with Crippen molar-refractivity contribution in [3.8, 4) is 0 Å². The van der Waals surface area contributed by atoms with Crippen LogP contribution in [0.3, 0.4) is 0 Å². The minimum atomic E-state index is 0.0971. The highest BCUT2D eigenvalue weighted by Gasteiger charge is 2.30. The molecule has 1 unspecified atom stereocenters. The van der Waals surface area contributed by atoms with E-state index in [4.69, 9.17) is 4.74 Å². The lowest BCUT2D eigenvalue weighted by molar-refractivity contribution is 0.0746. The van der Waals surface area contributed by atoms with Crippen molar-refractivity contribution in [2.45, 2.75) is 6.10 Å². The van der Waals surface area contributed by atoms with Gasteiger partial charge in [-0.2, -0.15) is 0 Å². The van der Waals surface area contributed by atoms with Crippen LogP contribution in [0.15, 0.2) is 24.3 Å². The Morgan fingerprint density at radius 2 is 2.27 bits per heavy atom. The second-order valence-electron chi connectivity index (χ2n) is 3.86. The summed E-state index contributed by atoms with van der Waals surface area (Å²) in [6.45, 7) is 2.06. The van der Waals surface area contributed by atoms with Gasteiger partial charge in [0, 0.05) is 5.69 Å². The van der Waals surface area contributed by atoms with Crippen LogP contribution in [0, 0.1) is 0 Å². The molecule has 1 aromatic carbocycles. The number of ether oxygens (including phenoxy) is 1. The van der Waals surface area contributed by atoms with Crippen molar-refractivity contribution < 1.29 is 9.53 Å². The van der Waals surface area contributed by atoms with E-state index >= 15 is 0 Å². The van der Waals surface area contributed by atoms with Gasteiger partial charge in [-0.1, -0.05) is 12.1 Å². The normalized spacial score (nSPS) is 23.3. The van der Waals surface area contributed by atoms with Gasteiger partial charge in [-0.3, -0.25) is 4.79 Å². The van der Waals surface area contributed by atoms with Gasteiger partial charge in [-0.25, -0.2) is 0 Å². The van der Waals surface area contributed by atoms with E-state index < -0.39 is 0 Å². The molecule has 1 N–H and O–H groups in total. The molecule has 4 nitrogen and oxygen atoms in total. The van der Waals surface area contributed by atoms with Crippen LogP contribution in [0.5, 0.6) is 0 Å². The van der Waals surface area contributed by atoms with Gasteiger partial charge in [0.1, 0.15) is 0 Å². The lowest BCUT2D eigenvalue weighted by atomic mass is 10.1. The number of hydrogen-bond acceptors (Lipinski definition) is 3. The molecule has 4 heteroatoms. The number of nitrogens with one attached hydrogen (secondary N) is 1. The van der Waals surface area contributed by atoms with Gasteiger partial charge in [0.2, 0.25) is 0 Å². The van der Waals surface area contributed by atoms with E-state index in [0.29, 0.717) is 13.2 Å². The summed E-state index contributed by atoms with van der Waals surface area (Å²) in [6.07, 6.45) is 0.251. The van der Waals surface area contributed by atoms with Crippen molar-refractivity contribution in [2.75, 3.05) is 25.1 Å². The maximum absolute atomic E-state index is 12.0. The van der Waals surface area contributed by atoms with Gasteiger partial charge in [0.05, 0.1) is 31.5 Å². The maximum Gasteiger partial charge on any atom is 0.257 e. The van der Waals surface area contributed by atoms with Crippen LogP contribution in [-0.4, -0.2) is 36.7 Å². The summed E-state index contributed by atoms with van der Waals surface area (Å²) in [5.41, 5.74) is 1.68. The van der Waals surface area contributed by atoms with E-state index in [1.165, 1.54) is 0 Å². The zero-order valence-corrected chi connectivity index (χ0v) is 8.27. The van der Waals surface area contributed by atoms with Crippen LogP contribution in [0.2, 0.25) is 0 Å². The number of hydrogen-bond donors (Lipinski definition) is 1. The zero-order chi connectivity index (χ0) is 10.3. The molecule has 0 saturated carbocycles. The molecule has 1 atom stereocenters. The predicted octanol–water partition coefficient (Wildman–Crippen LogP) is 0.911. The maximum atomic E-state index is 12.0. The number of para-hydroxylation sites is 1. The number of rotatable bonds is 2. The largest absolute Gasteiger partial charge is 0.371 e. The lowest BCUT2D eigenvalue weighted by Gasteiger charge is -2.29. The van der Waals surface area contributed by atoms with E-state index in [-0.39, 0.29) is 12.0 Å². The predicted molar refractivity (Wildman–Crippen MR) is 55.7 cm³/mol. The van der Waals surface area contributed by atoms with Crippen LogP contribution in [-0.2, 0) is 4.74 Å². The molecule has 15 heavy (non-hydrogen) atoms. The van der Waals surface area contributed by atoms with Crippen molar-refractivity contribution in [1.82, 2.24) is 4.90 Å². The highest BCUT2D eigenvalue weighted by atomic mass is 16.6. The summed E-state index contributed by atoms with van der Waals surface area (Å²) < 4.78 is 5.13. The quantitative estimate of drug-likeness (QED) is 0.728. The molecule has 0 radical (unpaired) electrons. The SMILES string of the molecule is O=C1c2ccccc2NCN1CC1CO1. The molecule has 0 aromatic heterocycles. The van der Waals surface area contributed by atoms with Gasteiger partial charge in [0.25, 0.3) is 5.91 Å². The van der Waals surface area contributed by atoms with Crippen LogP contribution in [0.1, 0.15) is 10.4 Å². The molecule has 2 aliphatic rings. The Kier molecular flexibility index (Phi) is 1.89. The highest BCUT2D eigenvalue weighted by Crippen LogP contribution is 2.23. The number of benzene rings is 1. The fourth-order valence-electron chi connectivity index (χ4n) is 1.81. The first kappa shape index (κ1) is 8.73. The molecular formula is C11H12N2O2. The smallest absolute Gasteiger partial charge is 0.257 e. The van der Waals surface area contributed by atoms with Gasteiger partial charge in [0.15, 0.2) is 0 Å². The number of amides is 1. The fraction of sp³-hybridized carbons (Fsp3) is 0.364. The van der Waals surface area contributed by atoms with Crippen LogP contribution < -0.4 is 5.32 Å². The van der Waals surface area contributed by atoms with E-state index in [9.17, 15) is 4.79 Å². The summed E-state index contributed by atoms with van der Waals surface area (Å²) in [7, 11) is 0. The minimum Gasteiger partial charge on any atom is -0.371 e. The Bertz CT molecular complexity index is 401. The number of carbonyl (C=O) groups excluding carboxylic acids is 1. The lowest BCUT2D eigenvalue weighted by Crippen LogP contribution is -2.41. The summed E-state index contributed by atoms with van der Waals surface area (Å²) in [4.78, 5) is 13.8. The van der Waals surface area contributed by atoms with Crippen molar-refractivity contribution in [3.63, 3.8) is 0 Å². The molecule has 2 aliphatic heterocycles. The van der Waals surface area contributed by atoms with Crippen LogP contribution in [0.25, 0.3) is 0 Å². The number of carbonyl (C=O) groups is 1. The van der Waals surface area contributed by atoms with Crippen molar-refractivity contribution in [2.24, 2.45) is 0 Å². The molecule has 0 spiro atoms. The zero-order valence-electron chi connectivity index (χ0n) is 8.27. The Morgan fingerprint density at radius 1 is 1.47 bits per heavy atom. The van der Waals surface area contributed by atoms with Gasteiger partial charge < -0.3 is 15.0 Å². The van der Waals surface area contributed by atoms with Crippen LogP contribution in [0.4, 0.5) is 5.69 Å². The molecule has 3 rings (SSSR count). The van der Waals surface area contributed by atoms with Gasteiger partial charge >= 0.3 is 0 Å².